The van der Waals surface area contributed by atoms with Gasteiger partial charge in [-0.15, -0.1) is 0 Å². The first kappa shape index (κ1) is 29.5. The van der Waals surface area contributed by atoms with E-state index in [0.29, 0.717) is 23.7 Å². The number of phenols is 1. The monoisotopic (exact) mass is 578 g/mol. The number of carbonyl (C=O) groups is 1. The largest absolute Gasteiger partial charge is 0.507 e. The molecule has 1 heterocycles. The Morgan fingerprint density at radius 3 is 2.49 bits per heavy atom. The molecule has 0 fully saturated rings. The van der Waals surface area contributed by atoms with Crippen molar-refractivity contribution in [3.8, 4) is 17.2 Å². The van der Waals surface area contributed by atoms with E-state index in [2.05, 4.69) is 17.2 Å². The third-order valence-electron chi connectivity index (χ3n) is 7.83. The Balaban J connectivity index is 1.06. The fourth-order valence-corrected chi connectivity index (χ4v) is 5.44. The molecule has 8 heteroatoms. The van der Waals surface area contributed by atoms with Crippen molar-refractivity contribution in [2.75, 3.05) is 11.9 Å². The van der Waals surface area contributed by atoms with Crippen molar-refractivity contribution < 1.29 is 19.4 Å². The lowest BCUT2D eigenvalue weighted by atomic mass is 9.85. The summed E-state index contributed by atoms with van der Waals surface area (Å²) < 4.78 is 12.6. The second kappa shape index (κ2) is 12.9. The molecule has 1 aliphatic heterocycles. The highest BCUT2D eigenvalue weighted by Crippen LogP contribution is 2.46. The van der Waals surface area contributed by atoms with Gasteiger partial charge >= 0.3 is 0 Å². The van der Waals surface area contributed by atoms with Crippen LogP contribution in [0.1, 0.15) is 49.3 Å². The molecule has 4 aromatic rings. The van der Waals surface area contributed by atoms with Crippen LogP contribution < -0.4 is 26.3 Å². The van der Waals surface area contributed by atoms with Gasteiger partial charge in [0, 0.05) is 28.1 Å². The molecule has 6 N–H and O–H groups in total. The normalized spacial score (nSPS) is 16.0. The maximum Gasteiger partial charge on any atom is 0.248 e. The van der Waals surface area contributed by atoms with Crippen LogP contribution in [-0.4, -0.2) is 29.2 Å². The molecule has 0 spiro atoms. The second-order valence-corrected chi connectivity index (χ2v) is 11.2. The first-order valence-corrected chi connectivity index (χ1v) is 14.5. The van der Waals surface area contributed by atoms with E-state index in [1.54, 1.807) is 18.2 Å². The zero-order chi connectivity index (χ0) is 30.4. The van der Waals surface area contributed by atoms with Crippen LogP contribution in [-0.2, 0) is 11.2 Å². The number of nitrogens with two attached hydrogens (primary N) is 2. The number of nitrogens with one attached hydrogen (secondary N) is 1. The number of amides is 1. The second-order valence-electron chi connectivity index (χ2n) is 11.2. The maximum atomic E-state index is 12.3. The Morgan fingerprint density at radius 2 is 1.77 bits per heavy atom. The molecular formula is C35H38N4O4. The number of aromatic hydroxyl groups is 1. The number of anilines is 1. The van der Waals surface area contributed by atoms with E-state index in [1.165, 1.54) is 6.08 Å². The van der Waals surface area contributed by atoms with Gasteiger partial charge in [-0.2, -0.15) is 0 Å². The fourth-order valence-electron chi connectivity index (χ4n) is 5.44. The lowest BCUT2D eigenvalue weighted by molar-refractivity contribution is -0.111. The average molecular weight is 579 g/mol. The number of aliphatic imine (C=N–C) groups is 1. The zero-order valence-corrected chi connectivity index (χ0v) is 24.6. The van der Waals surface area contributed by atoms with Gasteiger partial charge in [0.15, 0.2) is 5.96 Å². The Kier molecular flexibility index (Phi) is 8.85. The summed E-state index contributed by atoms with van der Waals surface area (Å²) >= 11 is 0. The van der Waals surface area contributed by atoms with Crippen molar-refractivity contribution >= 4 is 40.1 Å². The van der Waals surface area contributed by atoms with E-state index in [-0.39, 0.29) is 17.5 Å². The maximum absolute atomic E-state index is 12.3. The summed E-state index contributed by atoms with van der Waals surface area (Å²) in [5.74, 6) is 1.79. The molecule has 0 saturated carbocycles. The van der Waals surface area contributed by atoms with Crippen LogP contribution in [0.4, 0.5) is 11.4 Å². The molecule has 0 saturated heterocycles. The fraction of sp³-hybridized carbons (Fsp3) is 0.257. The predicted molar refractivity (Wildman–Crippen MR) is 173 cm³/mol. The summed E-state index contributed by atoms with van der Waals surface area (Å²) in [4.78, 5) is 16.3. The minimum Gasteiger partial charge on any atom is -0.507 e. The lowest BCUT2D eigenvalue weighted by Crippen LogP contribution is -2.36. The zero-order valence-electron chi connectivity index (χ0n) is 24.6. The lowest BCUT2D eigenvalue weighted by Gasteiger charge is -2.37. The molecular weight excluding hydrogens is 540 g/mol. The van der Waals surface area contributed by atoms with Gasteiger partial charge in [-0.1, -0.05) is 36.4 Å². The van der Waals surface area contributed by atoms with Crippen molar-refractivity contribution in [2.24, 2.45) is 16.5 Å². The predicted octanol–water partition coefficient (Wildman–Crippen LogP) is 6.74. The molecule has 1 amide bonds. The highest BCUT2D eigenvalue weighted by Gasteiger charge is 2.33. The van der Waals surface area contributed by atoms with E-state index < -0.39 is 0 Å². The Morgan fingerprint density at radius 1 is 1.05 bits per heavy atom. The van der Waals surface area contributed by atoms with Crippen molar-refractivity contribution in [2.45, 2.75) is 51.6 Å². The molecule has 4 aromatic carbocycles. The number of hydrogen-bond acceptors (Lipinski definition) is 5. The molecule has 1 aliphatic rings. The highest BCUT2D eigenvalue weighted by molar-refractivity contribution is 6.02. The number of unbranched alkanes of at least 4 members (excludes halogenated alkanes) is 1. The quantitative estimate of drug-likeness (QED) is 0.0713. The molecule has 5 rings (SSSR count). The number of benzene rings is 4. The van der Waals surface area contributed by atoms with Gasteiger partial charge in [0.05, 0.1) is 12.3 Å². The molecule has 0 aliphatic carbocycles. The Hall–Kier alpha value is -4.98. The molecule has 222 valence electrons. The van der Waals surface area contributed by atoms with Gasteiger partial charge in [-0.25, -0.2) is 4.99 Å². The Bertz CT molecular complexity index is 1660. The first-order valence-electron chi connectivity index (χ1n) is 14.5. The van der Waals surface area contributed by atoms with E-state index in [0.717, 1.165) is 71.1 Å². The molecule has 0 bridgehead atoms. The molecule has 0 radical (unpaired) electrons. The SMILES string of the molecule is Cc1c2c(c3ccccc3c1O)OC(C)(CCCCOc1ccc(NC(=O)/C=C/c3ccc(N=C(N)N)cc3)cc1)CC2. The number of phenolic OH excluding ortho intramolecular Hbond substituents is 1. The van der Waals surface area contributed by atoms with Crippen LogP contribution >= 0.6 is 0 Å². The number of ether oxygens (including phenoxy) is 2. The van der Waals surface area contributed by atoms with E-state index in [9.17, 15) is 9.90 Å². The summed E-state index contributed by atoms with van der Waals surface area (Å²) in [6.45, 7) is 4.75. The van der Waals surface area contributed by atoms with Gasteiger partial charge in [-0.3, -0.25) is 4.79 Å². The number of rotatable bonds is 10. The Labute approximate surface area is 252 Å². The summed E-state index contributed by atoms with van der Waals surface area (Å²) in [6.07, 6.45) is 7.78. The molecule has 1 atom stereocenters. The molecule has 43 heavy (non-hydrogen) atoms. The van der Waals surface area contributed by atoms with Crippen molar-refractivity contribution in [3.63, 3.8) is 0 Å². The van der Waals surface area contributed by atoms with Crippen LogP contribution in [0, 0.1) is 6.92 Å². The van der Waals surface area contributed by atoms with Gasteiger partial charge in [0.25, 0.3) is 0 Å². The topological polar surface area (TPSA) is 132 Å². The van der Waals surface area contributed by atoms with Gasteiger partial charge in [0.2, 0.25) is 5.91 Å². The third-order valence-corrected chi connectivity index (χ3v) is 7.83. The molecule has 0 aromatic heterocycles. The number of nitrogens with zero attached hydrogens (tertiary/aromatic N) is 1. The minimum atomic E-state index is -0.259. The first-order chi connectivity index (χ1) is 20.7. The number of hydrogen-bond donors (Lipinski definition) is 4. The number of guanidine groups is 1. The van der Waals surface area contributed by atoms with Crippen molar-refractivity contribution in [3.05, 3.63) is 95.6 Å². The van der Waals surface area contributed by atoms with Gasteiger partial charge < -0.3 is 31.4 Å². The van der Waals surface area contributed by atoms with Gasteiger partial charge in [-0.05, 0) is 99.6 Å². The van der Waals surface area contributed by atoms with E-state index >= 15 is 0 Å². The van der Waals surface area contributed by atoms with E-state index in [4.69, 9.17) is 20.9 Å². The van der Waals surface area contributed by atoms with Gasteiger partial charge in [0.1, 0.15) is 22.8 Å². The summed E-state index contributed by atoms with van der Waals surface area (Å²) in [5.41, 5.74) is 14.7. The number of carbonyl (C=O) groups excluding carboxylic acids is 1. The smallest absolute Gasteiger partial charge is 0.248 e. The number of fused-ring (bicyclic) bond motifs is 3. The van der Waals surface area contributed by atoms with Crippen molar-refractivity contribution in [1.82, 2.24) is 0 Å². The minimum absolute atomic E-state index is 0.00209. The van der Waals surface area contributed by atoms with Crippen LogP contribution in [0.2, 0.25) is 0 Å². The van der Waals surface area contributed by atoms with E-state index in [1.807, 2.05) is 67.6 Å². The highest BCUT2D eigenvalue weighted by atomic mass is 16.5. The standard InChI is InChI=1S/C35H38N4O4/c1-23-28-19-21-35(2,43-33(28)30-8-4-3-7-29(30)32(23)41)20-5-6-22-42-27-16-14-25(15-17-27)38-31(40)18-11-24-9-12-26(13-10-24)39-34(36)37/h3-4,7-18,41H,5-6,19-22H2,1-2H3,(H,38,40)(H4,36,37,39)/b18-11+. The van der Waals surface area contributed by atoms with Crippen LogP contribution in [0.25, 0.3) is 16.8 Å². The van der Waals surface area contributed by atoms with Crippen LogP contribution in [0.15, 0.2) is 83.9 Å². The third kappa shape index (κ3) is 7.27. The van der Waals surface area contributed by atoms with Crippen molar-refractivity contribution in [1.29, 1.82) is 0 Å². The average Bonchev–Trinajstić information content (AvgIpc) is 3.00. The van der Waals surface area contributed by atoms with Crippen LogP contribution in [0.3, 0.4) is 0 Å². The summed E-state index contributed by atoms with van der Waals surface area (Å²) in [5, 5.41) is 15.3. The van der Waals surface area contributed by atoms with Crippen LogP contribution in [0.5, 0.6) is 17.2 Å². The molecule has 8 nitrogen and oxygen atoms in total. The molecule has 1 unspecified atom stereocenters. The summed E-state index contributed by atoms with van der Waals surface area (Å²) in [6, 6.07) is 22.5. The summed E-state index contributed by atoms with van der Waals surface area (Å²) in [7, 11) is 0.